The van der Waals surface area contributed by atoms with Crippen molar-refractivity contribution in [2.24, 2.45) is 0 Å². The van der Waals surface area contributed by atoms with Crippen molar-refractivity contribution in [3.63, 3.8) is 0 Å². The maximum atomic E-state index is 12.5. The molecule has 1 heterocycles. The second-order valence-electron chi connectivity index (χ2n) is 7.05. The lowest BCUT2D eigenvalue weighted by Gasteiger charge is -2.31. The largest absolute Gasteiger partial charge is 0.375 e. The fourth-order valence-corrected chi connectivity index (χ4v) is 3.23. The van der Waals surface area contributed by atoms with Crippen LogP contribution in [0.25, 0.3) is 0 Å². The Morgan fingerprint density at radius 2 is 1.96 bits per heavy atom. The average Bonchev–Trinajstić information content (AvgIpc) is 2.66. The molecule has 1 N–H and O–H groups in total. The maximum Gasteiger partial charge on any atom is 0.254 e. The van der Waals surface area contributed by atoms with E-state index in [1.54, 1.807) is 24.3 Å². The number of aryl methyl sites for hydroxylation is 2. The third kappa shape index (κ3) is 5.41. The van der Waals surface area contributed by atoms with Crippen LogP contribution in [0.1, 0.15) is 34.8 Å². The molecule has 1 saturated heterocycles. The summed E-state index contributed by atoms with van der Waals surface area (Å²) in [6.07, 6.45) is 1.20. The molecule has 2 aromatic rings. The van der Waals surface area contributed by atoms with E-state index in [1.807, 2.05) is 36.9 Å². The molecular weight excluding hydrogens is 340 g/mol. The van der Waals surface area contributed by atoms with Gasteiger partial charge >= 0.3 is 0 Å². The van der Waals surface area contributed by atoms with Crippen LogP contribution in [-0.4, -0.2) is 42.5 Å². The van der Waals surface area contributed by atoms with Crippen molar-refractivity contribution in [2.45, 2.75) is 32.8 Å². The van der Waals surface area contributed by atoms with Crippen LogP contribution in [0.2, 0.25) is 0 Å². The van der Waals surface area contributed by atoms with Crippen molar-refractivity contribution >= 4 is 17.5 Å². The van der Waals surface area contributed by atoms with Gasteiger partial charge in [0.25, 0.3) is 5.91 Å². The summed E-state index contributed by atoms with van der Waals surface area (Å²) < 4.78 is 5.48. The van der Waals surface area contributed by atoms with Crippen LogP contribution in [0.4, 0.5) is 5.69 Å². The fourth-order valence-electron chi connectivity index (χ4n) is 3.23. The number of benzene rings is 2. The molecule has 2 aromatic carbocycles. The van der Waals surface area contributed by atoms with Gasteiger partial charge in [0.1, 0.15) is 0 Å². The molecule has 27 heavy (non-hydrogen) atoms. The highest BCUT2D eigenvalue weighted by atomic mass is 16.5. The number of hydrogen-bond donors (Lipinski definition) is 1. The number of carbonyl (C=O) groups is 2. The molecule has 3 rings (SSSR count). The molecule has 1 aliphatic rings. The summed E-state index contributed by atoms with van der Waals surface area (Å²) in [6.45, 7) is 5.80. The van der Waals surface area contributed by atoms with Crippen molar-refractivity contribution in [3.05, 3.63) is 65.2 Å². The number of morpholine rings is 1. The number of amides is 2. The standard InChI is InChI=1S/C22H26N2O3/c1-16-4-3-5-18(14-16)6-11-21(25)23-20-9-7-19(8-10-20)22(26)24-12-13-27-17(2)15-24/h3-5,7-10,14,17H,6,11-13,15H2,1-2H3,(H,23,25). The Labute approximate surface area is 160 Å². The number of nitrogens with zero attached hydrogens (tertiary/aromatic N) is 1. The predicted octanol–water partition coefficient (Wildman–Crippen LogP) is 3.43. The number of hydrogen-bond acceptors (Lipinski definition) is 3. The highest BCUT2D eigenvalue weighted by Gasteiger charge is 2.22. The Morgan fingerprint density at radius 1 is 1.19 bits per heavy atom. The lowest BCUT2D eigenvalue weighted by molar-refractivity contribution is -0.116. The van der Waals surface area contributed by atoms with Crippen LogP contribution < -0.4 is 5.32 Å². The van der Waals surface area contributed by atoms with Crippen LogP contribution in [0.15, 0.2) is 48.5 Å². The van der Waals surface area contributed by atoms with E-state index >= 15 is 0 Å². The molecule has 1 aliphatic heterocycles. The van der Waals surface area contributed by atoms with Crippen molar-refractivity contribution in [2.75, 3.05) is 25.0 Å². The molecule has 5 nitrogen and oxygen atoms in total. The van der Waals surface area contributed by atoms with E-state index in [2.05, 4.69) is 11.4 Å². The van der Waals surface area contributed by atoms with Crippen LogP contribution in [0.5, 0.6) is 0 Å². The van der Waals surface area contributed by atoms with E-state index in [0.29, 0.717) is 43.8 Å². The molecule has 0 aromatic heterocycles. The van der Waals surface area contributed by atoms with Crippen molar-refractivity contribution in [1.29, 1.82) is 0 Å². The van der Waals surface area contributed by atoms with E-state index in [9.17, 15) is 9.59 Å². The van der Waals surface area contributed by atoms with Gasteiger partial charge in [-0.3, -0.25) is 9.59 Å². The topological polar surface area (TPSA) is 58.6 Å². The monoisotopic (exact) mass is 366 g/mol. The van der Waals surface area contributed by atoms with E-state index in [0.717, 1.165) is 5.56 Å². The Kier molecular flexibility index (Phi) is 6.24. The van der Waals surface area contributed by atoms with E-state index in [-0.39, 0.29) is 17.9 Å². The summed E-state index contributed by atoms with van der Waals surface area (Å²) in [5, 5.41) is 2.90. The van der Waals surface area contributed by atoms with E-state index in [1.165, 1.54) is 5.56 Å². The molecule has 1 unspecified atom stereocenters. The molecule has 1 fully saturated rings. The zero-order valence-electron chi connectivity index (χ0n) is 15.9. The normalized spacial score (nSPS) is 16.8. The summed E-state index contributed by atoms with van der Waals surface area (Å²) in [4.78, 5) is 26.5. The number of carbonyl (C=O) groups excluding carboxylic acids is 2. The molecule has 0 saturated carbocycles. The minimum atomic E-state index is -0.0300. The lowest BCUT2D eigenvalue weighted by atomic mass is 10.1. The van der Waals surface area contributed by atoms with E-state index in [4.69, 9.17) is 4.74 Å². The first-order valence-electron chi connectivity index (χ1n) is 9.37. The molecule has 0 bridgehead atoms. The molecule has 2 amide bonds. The smallest absolute Gasteiger partial charge is 0.254 e. The summed E-state index contributed by atoms with van der Waals surface area (Å²) >= 11 is 0. The quantitative estimate of drug-likeness (QED) is 0.882. The van der Waals surface area contributed by atoms with Crippen LogP contribution in [-0.2, 0) is 16.0 Å². The maximum absolute atomic E-state index is 12.5. The third-order valence-electron chi connectivity index (χ3n) is 4.67. The summed E-state index contributed by atoms with van der Waals surface area (Å²) in [6, 6.07) is 15.3. The zero-order chi connectivity index (χ0) is 19.2. The Morgan fingerprint density at radius 3 is 2.67 bits per heavy atom. The number of ether oxygens (including phenoxy) is 1. The molecule has 0 radical (unpaired) electrons. The summed E-state index contributed by atoms with van der Waals surface area (Å²) in [5.74, 6) is -0.0277. The Hall–Kier alpha value is -2.66. The van der Waals surface area contributed by atoms with Gasteiger partial charge in [0.15, 0.2) is 0 Å². The molecular formula is C22H26N2O3. The van der Waals surface area contributed by atoms with Crippen LogP contribution in [0, 0.1) is 6.92 Å². The number of rotatable bonds is 5. The predicted molar refractivity (Wildman–Crippen MR) is 106 cm³/mol. The summed E-state index contributed by atoms with van der Waals surface area (Å²) in [5.41, 5.74) is 3.69. The van der Waals surface area contributed by atoms with Crippen LogP contribution in [0.3, 0.4) is 0 Å². The van der Waals surface area contributed by atoms with Gasteiger partial charge in [0.05, 0.1) is 12.7 Å². The van der Waals surface area contributed by atoms with Gasteiger partial charge in [-0.05, 0) is 50.1 Å². The van der Waals surface area contributed by atoms with Crippen molar-refractivity contribution in [1.82, 2.24) is 4.90 Å². The van der Waals surface area contributed by atoms with Gasteiger partial charge in [-0.25, -0.2) is 0 Å². The third-order valence-corrected chi connectivity index (χ3v) is 4.67. The van der Waals surface area contributed by atoms with Gasteiger partial charge in [0.2, 0.25) is 5.91 Å². The first kappa shape index (κ1) is 19.1. The first-order chi connectivity index (χ1) is 13.0. The minimum absolute atomic E-state index is 0.00229. The number of anilines is 1. The van der Waals surface area contributed by atoms with Gasteiger partial charge in [-0.15, -0.1) is 0 Å². The molecule has 0 spiro atoms. The molecule has 5 heteroatoms. The lowest BCUT2D eigenvalue weighted by Crippen LogP contribution is -2.44. The summed E-state index contributed by atoms with van der Waals surface area (Å²) in [7, 11) is 0. The highest BCUT2D eigenvalue weighted by Crippen LogP contribution is 2.15. The van der Waals surface area contributed by atoms with E-state index < -0.39 is 0 Å². The van der Waals surface area contributed by atoms with Gasteiger partial charge in [-0.2, -0.15) is 0 Å². The van der Waals surface area contributed by atoms with Crippen molar-refractivity contribution in [3.8, 4) is 0 Å². The zero-order valence-corrected chi connectivity index (χ0v) is 15.9. The van der Waals surface area contributed by atoms with Crippen LogP contribution >= 0.6 is 0 Å². The minimum Gasteiger partial charge on any atom is -0.375 e. The fraction of sp³-hybridized carbons (Fsp3) is 0.364. The Bertz CT molecular complexity index is 801. The molecule has 0 aliphatic carbocycles. The van der Waals surface area contributed by atoms with Crippen molar-refractivity contribution < 1.29 is 14.3 Å². The first-order valence-corrected chi connectivity index (χ1v) is 9.37. The SMILES string of the molecule is Cc1cccc(CCC(=O)Nc2ccc(C(=O)N3CCOC(C)C3)cc2)c1. The highest BCUT2D eigenvalue weighted by molar-refractivity contribution is 5.96. The second kappa shape index (κ2) is 8.82. The van der Waals surface area contributed by atoms with Gasteiger partial charge in [-0.1, -0.05) is 29.8 Å². The van der Waals surface area contributed by atoms with Gasteiger partial charge in [0, 0.05) is 30.8 Å². The Balaban J connectivity index is 1.52. The number of nitrogens with one attached hydrogen (secondary N) is 1. The molecule has 142 valence electrons. The second-order valence-corrected chi connectivity index (χ2v) is 7.05. The molecule has 1 atom stereocenters. The average molecular weight is 366 g/mol. The van der Waals surface area contributed by atoms with Gasteiger partial charge < -0.3 is 15.0 Å².